The fraction of sp³-hybridized carbons (Fsp3) is 0.240. The Bertz CT molecular complexity index is 1180. The number of thiol groups is 1. The molecule has 0 saturated carbocycles. The monoisotopic (exact) mass is 399 g/mol. The molecule has 0 atom stereocenters. The van der Waals surface area contributed by atoms with Crippen molar-refractivity contribution in [2.75, 3.05) is 11.4 Å². The summed E-state index contributed by atoms with van der Waals surface area (Å²) in [6, 6.07) is 19.5. The van der Waals surface area contributed by atoms with E-state index >= 15 is 0 Å². The number of hydrogen-bond donors (Lipinski definition) is 1. The van der Waals surface area contributed by atoms with Crippen molar-refractivity contribution in [3.63, 3.8) is 0 Å². The molecule has 0 spiro atoms. The van der Waals surface area contributed by atoms with Crippen LogP contribution in [0.5, 0.6) is 0 Å². The number of pyridine rings is 1. The van der Waals surface area contributed by atoms with Crippen LogP contribution in [-0.4, -0.2) is 15.5 Å². The Morgan fingerprint density at radius 3 is 2.55 bits per heavy atom. The van der Waals surface area contributed by atoms with Crippen LogP contribution in [0, 0.1) is 6.92 Å². The molecule has 4 aromatic rings. The van der Waals surface area contributed by atoms with Crippen molar-refractivity contribution < 1.29 is 0 Å². The highest BCUT2D eigenvalue weighted by molar-refractivity contribution is 7.78. The largest absolute Gasteiger partial charge is 0.350 e. The Labute approximate surface area is 177 Å². The topological polar surface area (TPSA) is 21.1 Å². The molecule has 2 aromatic carbocycles. The zero-order valence-corrected chi connectivity index (χ0v) is 17.6. The van der Waals surface area contributed by atoms with Gasteiger partial charge < -0.3 is 4.90 Å². The van der Waals surface area contributed by atoms with Gasteiger partial charge in [0.15, 0.2) is 5.82 Å². The lowest BCUT2D eigenvalue weighted by molar-refractivity contribution is 0.723. The highest BCUT2D eigenvalue weighted by Gasteiger charge is 2.21. The summed E-state index contributed by atoms with van der Waals surface area (Å²) in [7, 11) is 0. The van der Waals surface area contributed by atoms with E-state index in [-0.39, 0.29) is 0 Å². The highest BCUT2D eigenvalue weighted by atomic mass is 32.1. The predicted octanol–water partition coefficient (Wildman–Crippen LogP) is 5.39. The van der Waals surface area contributed by atoms with Crippen LogP contribution >= 0.6 is 12.8 Å². The molecule has 0 aliphatic carbocycles. The normalized spacial score (nSPS) is 13.7. The number of rotatable bonds is 4. The van der Waals surface area contributed by atoms with Crippen molar-refractivity contribution in [2.24, 2.45) is 0 Å². The van der Waals surface area contributed by atoms with Crippen molar-refractivity contribution >= 4 is 29.5 Å². The van der Waals surface area contributed by atoms with E-state index < -0.39 is 0 Å². The highest BCUT2D eigenvalue weighted by Crippen LogP contribution is 2.33. The van der Waals surface area contributed by atoms with Gasteiger partial charge in [-0.05, 0) is 60.1 Å². The van der Waals surface area contributed by atoms with Crippen LogP contribution in [-0.2, 0) is 25.8 Å². The van der Waals surface area contributed by atoms with Gasteiger partial charge in [-0.25, -0.2) is 4.98 Å². The fourth-order valence-electron chi connectivity index (χ4n) is 4.48. The zero-order valence-electron chi connectivity index (χ0n) is 16.7. The fourth-order valence-corrected chi connectivity index (χ4v) is 4.81. The van der Waals surface area contributed by atoms with Crippen LogP contribution in [0.15, 0.2) is 67.0 Å². The average molecular weight is 400 g/mol. The minimum atomic E-state index is 0.903. The number of fused-ring (bicyclic) bond motifs is 2. The van der Waals surface area contributed by atoms with E-state index in [9.17, 15) is 0 Å². The van der Waals surface area contributed by atoms with E-state index in [0.717, 1.165) is 43.7 Å². The van der Waals surface area contributed by atoms with Gasteiger partial charge in [-0.2, -0.15) is 0 Å². The number of hydrogen-bond acceptors (Lipinski definition) is 3. The molecule has 0 radical (unpaired) electrons. The predicted molar refractivity (Wildman–Crippen MR) is 124 cm³/mol. The summed E-state index contributed by atoms with van der Waals surface area (Å²) in [6.45, 7) is 4.08. The van der Waals surface area contributed by atoms with E-state index in [0.29, 0.717) is 0 Å². The maximum atomic E-state index is 4.77. The molecule has 0 amide bonds. The molecule has 5 rings (SSSR count). The van der Waals surface area contributed by atoms with Crippen molar-refractivity contribution in [3.8, 4) is 0 Å². The van der Waals surface area contributed by atoms with Crippen molar-refractivity contribution in [2.45, 2.75) is 32.7 Å². The molecule has 1 aliphatic heterocycles. The second-order valence-electron chi connectivity index (χ2n) is 7.90. The quantitative estimate of drug-likeness (QED) is 0.465. The Hall–Kier alpha value is -2.72. The number of anilines is 1. The standard InChI is InChI=1S/C25H25N3S/c1-18-6-2-3-7-19(18)10-11-22-17-28(29)24-23(22)12-14-26-25(24)27-15-13-20-8-4-5-9-21(20)16-27/h2-9,12,14,17,29H,10-11,13,15-16H2,1H3. The summed E-state index contributed by atoms with van der Waals surface area (Å²) in [6.07, 6.45) is 7.20. The SMILES string of the molecule is Cc1ccccc1CCc1cn(S)c2c(N3CCc4ccccc4C3)nccc12. The Morgan fingerprint density at radius 2 is 1.69 bits per heavy atom. The van der Waals surface area contributed by atoms with E-state index in [2.05, 4.69) is 72.6 Å². The first-order valence-corrected chi connectivity index (χ1v) is 10.6. The number of aryl methyl sites for hydroxylation is 3. The third-order valence-electron chi connectivity index (χ3n) is 6.11. The zero-order chi connectivity index (χ0) is 19.8. The van der Waals surface area contributed by atoms with Crippen LogP contribution in [0.25, 0.3) is 10.9 Å². The van der Waals surface area contributed by atoms with Crippen molar-refractivity contribution in [3.05, 3.63) is 94.8 Å². The molecule has 0 bridgehead atoms. The maximum Gasteiger partial charge on any atom is 0.154 e. The van der Waals surface area contributed by atoms with Gasteiger partial charge in [0, 0.05) is 30.9 Å². The summed E-state index contributed by atoms with van der Waals surface area (Å²) in [5.41, 5.74) is 8.07. The molecular weight excluding hydrogens is 374 g/mol. The molecule has 3 nitrogen and oxygen atoms in total. The van der Waals surface area contributed by atoms with E-state index in [1.54, 1.807) is 0 Å². The summed E-state index contributed by atoms with van der Waals surface area (Å²) in [5.74, 6) is 1.04. The lowest BCUT2D eigenvalue weighted by Gasteiger charge is -2.30. The summed E-state index contributed by atoms with van der Waals surface area (Å²) in [5, 5.41) is 1.26. The van der Waals surface area contributed by atoms with E-state index in [4.69, 9.17) is 17.8 Å². The van der Waals surface area contributed by atoms with Crippen LogP contribution in [0.4, 0.5) is 5.82 Å². The van der Waals surface area contributed by atoms with Crippen LogP contribution in [0.2, 0.25) is 0 Å². The lowest BCUT2D eigenvalue weighted by Crippen LogP contribution is -2.31. The lowest BCUT2D eigenvalue weighted by atomic mass is 9.99. The molecule has 4 heteroatoms. The molecule has 3 heterocycles. The molecule has 146 valence electrons. The molecule has 0 N–H and O–H groups in total. The Balaban J connectivity index is 1.47. The summed E-state index contributed by atoms with van der Waals surface area (Å²) in [4.78, 5) is 7.16. The summed E-state index contributed by atoms with van der Waals surface area (Å²) < 4.78 is 1.96. The Morgan fingerprint density at radius 1 is 0.931 bits per heavy atom. The van der Waals surface area contributed by atoms with Gasteiger partial charge in [0.25, 0.3) is 0 Å². The van der Waals surface area contributed by atoms with Gasteiger partial charge in [-0.3, -0.25) is 3.97 Å². The molecule has 0 unspecified atom stereocenters. The van der Waals surface area contributed by atoms with Crippen LogP contribution in [0.3, 0.4) is 0 Å². The van der Waals surface area contributed by atoms with Crippen molar-refractivity contribution in [1.82, 2.24) is 8.96 Å². The second-order valence-corrected chi connectivity index (χ2v) is 8.33. The van der Waals surface area contributed by atoms with E-state index in [1.807, 2.05) is 10.2 Å². The van der Waals surface area contributed by atoms with Gasteiger partial charge in [-0.1, -0.05) is 61.3 Å². The Kier molecular flexibility index (Phi) is 4.80. The second kappa shape index (κ2) is 7.60. The first-order valence-electron chi connectivity index (χ1n) is 10.2. The minimum Gasteiger partial charge on any atom is -0.350 e. The molecule has 0 fully saturated rings. The third kappa shape index (κ3) is 3.42. The molecule has 2 aromatic heterocycles. The first kappa shape index (κ1) is 18.3. The number of aromatic nitrogens is 2. The molecule has 29 heavy (non-hydrogen) atoms. The van der Waals surface area contributed by atoms with Crippen LogP contribution in [0.1, 0.15) is 27.8 Å². The van der Waals surface area contributed by atoms with Gasteiger partial charge in [0.05, 0.1) is 0 Å². The number of nitrogens with zero attached hydrogens (tertiary/aromatic N) is 3. The van der Waals surface area contributed by atoms with Gasteiger partial charge in [0.1, 0.15) is 5.52 Å². The summed E-state index contributed by atoms with van der Waals surface area (Å²) >= 11 is 4.77. The van der Waals surface area contributed by atoms with E-state index in [1.165, 1.54) is 33.2 Å². The average Bonchev–Trinajstić information content (AvgIpc) is 3.09. The third-order valence-corrected chi connectivity index (χ3v) is 6.43. The minimum absolute atomic E-state index is 0.903. The molecule has 0 saturated heterocycles. The van der Waals surface area contributed by atoms with Gasteiger partial charge >= 0.3 is 0 Å². The smallest absolute Gasteiger partial charge is 0.154 e. The molecule has 1 aliphatic rings. The first-order chi connectivity index (χ1) is 14.2. The van der Waals surface area contributed by atoms with Gasteiger partial charge in [-0.15, -0.1) is 0 Å². The molecular formula is C25H25N3S. The van der Waals surface area contributed by atoms with Crippen molar-refractivity contribution in [1.29, 1.82) is 0 Å². The van der Waals surface area contributed by atoms with Crippen LogP contribution < -0.4 is 4.90 Å². The maximum absolute atomic E-state index is 4.77. The van der Waals surface area contributed by atoms with Gasteiger partial charge in [0.2, 0.25) is 0 Å². The number of benzene rings is 2.